The maximum Gasteiger partial charge on any atom is 0.117 e. The second-order valence-electron chi connectivity index (χ2n) is 5.11. The predicted molar refractivity (Wildman–Crippen MR) is 85.5 cm³/mol. The number of aromatic nitrogens is 2. The van der Waals surface area contributed by atoms with Crippen molar-refractivity contribution in [3.05, 3.63) is 52.1 Å². The van der Waals surface area contributed by atoms with Crippen LogP contribution < -0.4 is 5.32 Å². The summed E-state index contributed by atoms with van der Waals surface area (Å²) in [6.07, 6.45) is 3.62. The highest BCUT2D eigenvalue weighted by atomic mass is 35.5. The standard InChI is InChI=1S/C15H14ClN3S/c1-15(2,14-18-7-8-20-14)19-12-5-6-17-13-9-10(16)3-4-11(12)13/h3-9H,1-2H3,(H,17,19). The molecule has 0 amide bonds. The van der Waals surface area contributed by atoms with Gasteiger partial charge < -0.3 is 5.32 Å². The summed E-state index contributed by atoms with van der Waals surface area (Å²) >= 11 is 7.66. The maximum atomic E-state index is 6.02. The van der Waals surface area contributed by atoms with Crippen molar-refractivity contribution in [1.82, 2.24) is 9.97 Å². The number of pyridine rings is 1. The average molecular weight is 304 g/mol. The first-order chi connectivity index (χ1) is 9.56. The van der Waals surface area contributed by atoms with Crippen molar-refractivity contribution in [3.8, 4) is 0 Å². The Labute approximate surface area is 126 Å². The number of hydrogen-bond acceptors (Lipinski definition) is 4. The van der Waals surface area contributed by atoms with Gasteiger partial charge in [0, 0.05) is 33.9 Å². The number of benzene rings is 1. The molecule has 0 saturated heterocycles. The third-order valence-electron chi connectivity index (χ3n) is 3.12. The van der Waals surface area contributed by atoms with Crippen molar-refractivity contribution >= 4 is 39.5 Å². The molecule has 20 heavy (non-hydrogen) atoms. The van der Waals surface area contributed by atoms with E-state index >= 15 is 0 Å². The van der Waals surface area contributed by atoms with E-state index in [1.165, 1.54) is 0 Å². The maximum absolute atomic E-state index is 6.02. The summed E-state index contributed by atoms with van der Waals surface area (Å²) < 4.78 is 0. The quantitative estimate of drug-likeness (QED) is 0.762. The molecule has 102 valence electrons. The normalized spacial score (nSPS) is 11.8. The van der Waals surface area contributed by atoms with Crippen LogP contribution in [0.25, 0.3) is 10.9 Å². The van der Waals surface area contributed by atoms with E-state index in [1.807, 2.05) is 35.8 Å². The summed E-state index contributed by atoms with van der Waals surface area (Å²) in [6, 6.07) is 7.72. The van der Waals surface area contributed by atoms with E-state index in [4.69, 9.17) is 11.6 Å². The van der Waals surface area contributed by atoms with Crippen LogP contribution >= 0.6 is 22.9 Å². The lowest BCUT2D eigenvalue weighted by atomic mass is 10.1. The molecule has 0 aliphatic heterocycles. The van der Waals surface area contributed by atoms with Crippen LogP contribution in [-0.4, -0.2) is 9.97 Å². The number of fused-ring (bicyclic) bond motifs is 1. The zero-order valence-corrected chi connectivity index (χ0v) is 12.8. The van der Waals surface area contributed by atoms with Crippen molar-refractivity contribution in [3.63, 3.8) is 0 Å². The minimum Gasteiger partial charge on any atom is -0.373 e. The van der Waals surface area contributed by atoms with Gasteiger partial charge >= 0.3 is 0 Å². The highest BCUT2D eigenvalue weighted by Crippen LogP contribution is 2.31. The molecule has 3 aromatic rings. The van der Waals surface area contributed by atoms with Crippen molar-refractivity contribution < 1.29 is 0 Å². The Bertz CT molecular complexity index is 738. The predicted octanol–water partition coefficient (Wildman–Crippen LogP) is 4.69. The second-order valence-corrected chi connectivity index (χ2v) is 6.44. The minimum atomic E-state index is -0.234. The first-order valence-electron chi connectivity index (χ1n) is 6.29. The lowest BCUT2D eigenvalue weighted by Gasteiger charge is -2.26. The molecule has 2 heterocycles. The molecule has 1 N–H and O–H groups in total. The molecule has 0 radical (unpaired) electrons. The Balaban J connectivity index is 2.03. The summed E-state index contributed by atoms with van der Waals surface area (Å²) in [6.45, 7) is 4.24. The van der Waals surface area contributed by atoms with E-state index in [1.54, 1.807) is 17.5 Å². The van der Waals surface area contributed by atoms with E-state index < -0.39 is 0 Å². The molecule has 3 nitrogen and oxygen atoms in total. The molecule has 0 spiro atoms. The van der Waals surface area contributed by atoms with E-state index in [9.17, 15) is 0 Å². The molecule has 0 fully saturated rings. The van der Waals surface area contributed by atoms with Crippen molar-refractivity contribution in [2.75, 3.05) is 5.32 Å². The molecule has 3 rings (SSSR count). The molecule has 0 saturated carbocycles. The van der Waals surface area contributed by atoms with Gasteiger partial charge in [-0.15, -0.1) is 11.3 Å². The van der Waals surface area contributed by atoms with Crippen molar-refractivity contribution in [2.24, 2.45) is 0 Å². The molecule has 0 aliphatic rings. The first-order valence-corrected chi connectivity index (χ1v) is 7.54. The van der Waals surface area contributed by atoms with E-state index in [-0.39, 0.29) is 5.54 Å². The number of thiazole rings is 1. The number of halogens is 1. The fraction of sp³-hybridized carbons (Fsp3) is 0.200. The van der Waals surface area contributed by atoms with E-state index in [0.29, 0.717) is 5.02 Å². The number of nitrogens with zero attached hydrogens (tertiary/aromatic N) is 2. The first kappa shape index (κ1) is 13.3. The van der Waals surface area contributed by atoms with Crippen LogP contribution in [0.1, 0.15) is 18.9 Å². The summed E-state index contributed by atoms with van der Waals surface area (Å²) in [7, 11) is 0. The lowest BCUT2D eigenvalue weighted by Crippen LogP contribution is -2.27. The van der Waals surface area contributed by atoms with Gasteiger partial charge in [-0.2, -0.15) is 0 Å². The van der Waals surface area contributed by atoms with Gasteiger partial charge in [0.05, 0.1) is 11.1 Å². The summed E-state index contributed by atoms with van der Waals surface area (Å²) in [4.78, 5) is 8.76. The van der Waals surface area contributed by atoms with Gasteiger partial charge in [-0.3, -0.25) is 4.98 Å². The van der Waals surface area contributed by atoms with Crippen LogP contribution in [0, 0.1) is 0 Å². The molecular formula is C15H14ClN3S. The monoisotopic (exact) mass is 303 g/mol. The third-order valence-corrected chi connectivity index (χ3v) is 4.45. The zero-order valence-electron chi connectivity index (χ0n) is 11.2. The molecule has 0 aliphatic carbocycles. The van der Waals surface area contributed by atoms with Crippen LogP contribution in [0.2, 0.25) is 5.02 Å². The SMILES string of the molecule is CC(C)(Nc1ccnc2cc(Cl)ccc12)c1nccs1. The second kappa shape index (κ2) is 5.04. The molecule has 5 heteroatoms. The number of nitrogens with one attached hydrogen (secondary N) is 1. The average Bonchev–Trinajstić information content (AvgIpc) is 2.93. The fourth-order valence-electron chi connectivity index (χ4n) is 2.15. The fourth-order valence-corrected chi connectivity index (χ4v) is 3.04. The van der Waals surface area contributed by atoms with Gasteiger partial charge in [0.1, 0.15) is 5.01 Å². The van der Waals surface area contributed by atoms with Crippen LogP contribution in [0.15, 0.2) is 42.0 Å². The van der Waals surface area contributed by atoms with Gasteiger partial charge in [0.15, 0.2) is 0 Å². The molecule has 2 aromatic heterocycles. The highest BCUT2D eigenvalue weighted by Gasteiger charge is 2.23. The largest absolute Gasteiger partial charge is 0.373 e. The molecule has 0 atom stereocenters. The van der Waals surface area contributed by atoms with Crippen LogP contribution in [-0.2, 0) is 5.54 Å². The number of rotatable bonds is 3. The van der Waals surface area contributed by atoms with Gasteiger partial charge in [-0.05, 0) is 38.1 Å². The van der Waals surface area contributed by atoms with Gasteiger partial charge in [-0.1, -0.05) is 11.6 Å². The van der Waals surface area contributed by atoms with Gasteiger partial charge in [0.25, 0.3) is 0 Å². The van der Waals surface area contributed by atoms with Crippen LogP contribution in [0.4, 0.5) is 5.69 Å². The van der Waals surface area contributed by atoms with Gasteiger partial charge in [0.2, 0.25) is 0 Å². The van der Waals surface area contributed by atoms with Gasteiger partial charge in [-0.25, -0.2) is 4.98 Å². The highest BCUT2D eigenvalue weighted by molar-refractivity contribution is 7.09. The Morgan fingerprint density at radius 3 is 2.75 bits per heavy atom. The summed E-state index contributed by atoms with van der Waals surface area (Å²) in [5.74, 6) is 0. The smallest absolute Gasteiger partial charge is 0.117 e. The topological polar surface area (TPSA) is 37.8 Å². The van der Waals surface area contributed by atoms with E-state index in [0.717, 1.165) is 21.6 Å². The number of anilines is 1. The van der Waals surface area contributed by atoms with Crippen molar-refractivity contribution in [1.29, 1.82) is 0 Å². The summed E-state index contributed by atoms with van der Waals surface area (Å²) in [5, 5.41) is 8.34. The Hall–Kier alpha value is -1.65. The Morgan fingerprint density at radius 2 is 2.00 bits per heavy atom. The lowest BCUT2D eigenvalue weighted by molar-refractivity contribution is 0.605. The van der Waals surface area contributed by atoms with Crippen LogP contribution in [0.3, 0.4) is 0 Å². The Morgan fingerprint density at radius 1 is 1.15 bits per heavy atom. The molecular weight excluding hydrogens is 290 g/mol. The minimum absolute atomic E-state index is 0.234. The molecule has 0 unspecified atom stereocenters. The molecule has 0 bridgehead atoms. The van der Waals surface area contributed by atoms with Crippen molar-refractivity contribution in [2.45, 2.75) is 19.4 Å². The van der Waals surface area contributed by atoms with E-state index in [2.05, 4.69) is 29.1 Å². The van der Waals surface area contributed by atoms with Crippen LogP contribution in [0.5, 0.6) is 0 Å². The third kappa shape index (κ3) is 2.49. The molecule has 1 aromatic carbocycles. The number of hydrogen-bond donors (Lipinski definition) is 1. The zero-order chi connectivity index (χ0) is 14.2. The summed E-state index contributed by atoms with van der Waals surface area (Å²) in [5.41, 5.74) is 1.69. The Kier molecular flexibility index (Phi) is 3.36.